The van der Waals surface area contributed by atoms with E-state index in [1.807, 2.05) is 67.6 Å². The number of hydrogen-bond donors (Lipinski definition) is 2. The van der Waals surface area contributed by atoms with E-state index >= 15 is 0 Å². The van der Waals surface area contributed by atoms with Gasteiger partial charge in [0.2, 0.25) is 5.91 Å². The first-order valence-corrected chi connectivity index (χ1v) is 9.31. The third kappa shape index (κ3) is 6.64. The Bertz CT molecular complexity index is 858. The van der Waals surface area contributed by atoms with Gasteiger partial charge in [-0.1, -0.05) is 66.9 Å². The van der Waals surface area contributed by atoms with Crippen molar-refractivity contribution in [2.24, 2.45) is 0 Å². The molecule has 2 aromatic rings. The molecule has 2 N–H and O–H groups in total. The van der Waals surface area contributed by atoms with Gasteiger partial charge in [-0.25, -0.2) is 0 Å². The molecule has 138 valence electrons. The highest BCUT2D eigenvalue weighted by Gasteiger charge is 2.10. The van der Waals surface area contributed by atoms with Gasteiger partial charge in [-0.05, 0) is 37.3 Å². The van der Waals surface area contributed by atoms with Gasteiger partial charge in [0, 0.05) is 15.4 Å². The molecule has 0 bridgehead atoms. The van der Waals surface area contributed by atoms with Gasteiger partial charge in [0.25, 0.3) is 5.91 Å². The van der Waals surface area contributed by atoms with Crippen molar-refractivity contribution in [3.05, 3.63) is 91.1 Å². The van der Waals surface area contributed by atoms with Gasteiger partial charge in [0.15, 0.2) is 0 Å². The van der Waals surface area contributed by atoms with Gasteiger partial charge in [-0.3, -0.25) is 9.59 Å². The fraction of sp³-hybridized carbons (Fsp3) is 0.0909. The summed E-state index contributed by atoms with van der Waals surface area (Å²) < 4.78 is 0. The first kappa shape index (κ1) is 20.3. The fourth-order valence-electron chi connectivity index (χ4n) is 2.17. The molecule has 0 fully saturated rings. The lowest BCUT2D eigenvalue weighted by molar-refractivity contribution is -0.121. The van der Waals surface area contributed by atoms with Gasteiger partial charge in [0.1, 0.15) is 0 Å². The zero-order valence-corrected chi connectivity index (χ0v) is 16.0. The predicted molar refractivity (Wildman–Crippen MR) is 112 cm³/mol. The van der Waals surface area contributed by atoms with Crippen molar-refractivity contribution in [1.82, 2.24) is 5.32 Å². The van der Waals surface area contributed by atoms with E-state index in [9.17, 15) is 9.59 Å². The lowest BCUT2D eigenvalue weighted by Gasteiger charge is -2.11. The number of nitrogens with one attached hydrogen (secondary N) is 2. The van der Waals surface area contributed by atoms with Gasteiger partial charge >= 0.3 is 0 Å². The van der Waals surface area contributed by atoms with Crippen molar-refractivity contribution in [3.8, 4) is 0 Å². The van der Waals surface area contributed by atoms with Crippen LogP contribution in [-0.4, -0.2) is 18.4 Å². The minimum absolute atomic E-state index is 0.121. The van der Waals surface area contributed by atoms with E-state index in [4.69, 9.17) is 0 Å². The van der Waals surface area contributed by atoms with Crippen LogP contribution in [0.4, 0.5) is 5.69 Å². The topological polar surface area (TPSA) is 58.2 Å². The molecule has 4 nitrogen and oxygen atoms in total. The molecular formula is C22H22N2O2S. The van der Waals surface area contributed by atoms with E-state index in [0.717, 1.165) is 9.79 Å². The van der Waals surface area contributed by atoms with Crippen LogP contribution in [0.2, 0.25) is 0 Å². The van der Waals surface area contributed by atoms with Gasteiger partial charge in [-0.15, -0.1) is 0 Å². The number of amides is 2. The number of rotatable bonds is 8. The van der Waals surface area contributed by atoms with E-state index < -0.39 is 0 Å². The number of carbonyl (C=O) groups is 2. The third-order valence-electron chi connectivity index (χ3n) is 3.49. The van der Waals surface area contributed by atoms with E-state index in [0.29, 0.717) is 11.3 Å². The lowest BCUT2D eigenvalue weighted by atomic mass is 10.2. The third-order valence-corrected chi connectivity index (χ3v) is 4.58. The van der Waals surface area contributed by atoms with Gasteiger partial charge in [-0.2, -0.15) is 0 Å². The highest BCUT2D eigenvalue weighted by molar-refractivity contribution is 7.99. The highest BCUT2D eigenvalue weighted by Crippen LogP contribution is 2.33. The summed E-state index contributed by atoms with van der Waals surface area (Å²) >= 11 is 1.57. The average molecular weight is 378 g/mol. The molecule has 0 unspecified atom stereocenters. The molecule has 0 heterocycles. The van der Waals surface area contributed by atoms with Crippen LogP contribution in [0.25, 0.3) is 0 Å². The normalized spacial score (nSPS) is 11.2. The zero-order valence-electron chi connectivity index (χ0n) is 15.1. The minimum atomic E-state index is -0.342. The van der Waals surface area contributed by atoms with Crippen LogP contribution in [-0.2, 0) is 9.59 Å². The number of carbonyl (C=O) groups excluding carboxylic acids is 2. The SMILES string of the molecule is C=C/C(=C\C=C/C)C(=O)NCC(=O)Nc1ccccc1Sc1ccccc1. The van der Waals surface area contributed by atoms with Crippen molar-refractivity contribution in [2.75, 3.05) is 11.9 Å². The fourth-order valence-corrected chi connectivity index (χ4v) is 3.09. The molecule has 0 radical (unpaired) electrons. The van der Waals surface area contributed by atoms with E-state index in [-0.39, 0.29) is 18.4 Å². The summed E-state index contributed by atoms with van der Waals surface area (Å²) in [6, 6.07) is 17.5. The molecule has 0 aromatic heterocycles. The molecule has 27 heavy (non-hydrogen) atoms. The van der Waals surface area contributed by atoms with Crippen molar-refractivity contribution < 1.29 is 9.59 Å². The Labute approximate surface area is 164 Å². The first-order chi connectivity index (χ1) is 13.1. The standard InChI is InChI=1S/C22H22N2O2S/c1-3-5-11-17(4-2)22(26)23-16-21(25)24-19-14-9-10-15-20(19)27-18-12-7-6-8-13-18/h3-15H,2,16H2,1H3,(H,23,26)(H,24,25)/b5-3-,17-11+. The number of allylic oxidation sites excluding steroid dienone is 3. The quantitative estimate of drug-likeness (QED) is 0.522. The molecule has 0 atom stereocenters. The Balaban J connectivity index is 1.98. The monoisotopic (exact) mass is 378 g/mol. The predicted octanol–water partition coefficient (Wildman–Crippen LogP) is 4.58. The van der Waals surface area contributed by atoms with E-state index in [2.05, 4.69) is 17.2 Å². The zero-order chi connectivity index (χ0) is 19.5. The minimum Gasteiger partial charge on any atom is -0.343 e. The van der Waals surface area contributed by atoms with Crippen LogP contribution in [0.15, 0.2) is 101 Å². The number of benzene rings is 2. The smallest absolute Gasteiger partial charge is 0.251 e. The summed E-state index contributed by atoms with van der Waals surface area (Å²) in [5, 5.41) is 5.45. The number of hydrogen-bond acceptors (Lipinski definition) is 3. The lowest BCUT2D eigenvalue weighted by Crippen LogP contribution is -2.33. The molecule has 0 spiro atoms. The summed E-state index contributed by atoms with van der Waals surface area (Å²) in [5.41, 5.74) is 1.11. The molecule has 2 rings (SSSR count). The van der Waals surface area contributed by atoms with Crippen molar-refractivity contribution in [3.63, 3.8) is 0 Å². The van der Waals surface area contributed by atoms with Crippen LogP contribution in [0.3, 0.4) is 0 Å². The van der Waals surface area contributed by atoms with Gasteiger partial charge in [0.05, 0.1) is 12.2 Å². The summed E-state index contributed by atoms with van der Waals surface area (Å²) in [4.78, 5) is 26.3. The maximum absolute atomic E-state index is 12.3. The largest absolute Gasteiger partial charge is 0.343 e. The van der Waals surface area contributed by atoms with Crippen molar-refractivity contribution in [1.29, 1.82) is 0 Å². The maximum atomic E-state index is 12.3. The Morgan fingerprint density at radius 3 is 2.48 bits per heavy atom. The molecule has 5 heteroatoms. The van der Waals surface area contributed by atoms with Crippen molar-refractivity contribution >= 4 is 29.3 Å². The van der Waals surface area contributed by atoms with Crippen molar-refractivity contribution in [2.45, 2.75) is 16.7 Å². The molecule has 0 aliphatic rings. The molecule has 0 aliphatic carbocycles. The molecule has 0 saturated heterocycles. The molecule has 2 aromatic carbocycles. The Morgan fingerprint density at radius 1 is 1.07 bits per heavy atom. The van der Waals surface area contributed by atoms with Crippen LogP contribution in [0.1, 0.15) is 6.92 Å². The molecular weight excluding hydrogens is 356 g/mol. The van der Waals surface area contributed by atoms with E-state index in [1.165, 1.54) is 6.08 Å². The summed E-state index contributed by atoms with van der Waals surface area (Å²) in [7, 11) is 0. The second-order valence-electron chi connectivity index (χ2n) is 5.49. The summed E-state index contributed by atoms with van der Waals surface area (Å²) in [6.45, 7) is 5.35. The molecule has 0 aliphatic heterocycles. The Morgan fingerprint density at radius 2 is 1.78 bits per heavy atom. The van der Waals surface area contributed by atoms with Crippen LogP contribution >= 0.6 is 11.8 Å². The Hall–Kier alpha value is -3.05. The summed E-state index contributed by atoms with van der Waals surface area (Å²) in [5.74, 6) is -0.635. The first-order valence-electron chi connectivity index (χ1n) is 8.49. The van der Waals surface area contributed by atoms with Crippen LogP contribution in [0.5, 0.6) is 0 Å². The number of anilines is 1. The second kappa shape index (κ2) is 10.8. The highest BCUT2D eigenvalue weighted by atomic mass is 32.2. The van der Waals surface area contributed by atoms with E-state index in [1.54, 1.807) is 23.9 Å². The average Bonchev–Trinajstić information content (AvgIpc) is 2.69. The summed E-state index contributed by atoms with van der Waals surface area (Å²) in [6.07, 6.45) is 6.66. The van der Waals surface area contributed by atoms with Crippen LogP contribution in [0, 0.1) is 0 Å². The van der Waals surface area contributed by atoms with Crippen LogP contribution < -0.4 is 10.6 Å². The number of para-hydroxylation sites is 1. The Kier molecular flexibility index (Phi) is 8.13. The maximum Gasteiger partial charge on any atom is 0.251 e. The van der Waals surface area contributed by atoms with Gasteiger partial charge < -0.3 is 10.6 Å². The molecule has 0 saturated carbocycles. The second-order valence-corrected chi connectivity index (χ2v) is 6.61. The molecule has 2 amide bonds.